The third-order valence-corrected chi connectivity index (χ3v) is 5.06. The van der Waals surface area contributed by atoms with Crippen LogP contribution in [0.25, 0.3) is 16.9 Å². The molecule has 0 saturated carbocycles. The van der Waals surface area contributed by atoms with Crippen LogP contribution in [0.1, 0.15) is 20.8 Å². The Morgan fingerprint density at radius 2 is 1.42 bits per heavy atom. The monoisotopic (exact) mass is 440 g/mol. The number of hydrogen-bond acceptors (Lipinski definition) is 4. The van der Waals surface area contributed by atoms with Crippen LogP contribution in [0.4, 0.5) is 0 Å². The molecule has 0 bridgehead atoms. The van der Waals surface area contributed by atoms with Gasteiger partial charge in [0.05, 0.1) is 18.5 Å². The van der Waals surface area contributed by atoms with Crippen LogP contribution < -0.4 is 15.4 Å². The molecule has 166 valence electrons. The van der Waals surface area contributed by atoms with Gasteiger partial charge in [0.15, 0.2) is 0 Å². The normalized spacial score (nSPS) is 10.5. The van der Waals surface area contributed by atoms with Crippen molar-refractivity contribution in [3.63, 3.8) is 0 Å². The summed E-state index contributed by atoms with van der Waals surface area (Å²) in [6.07, 6.45) is 0. The second-order valence-electron chi connectivity index (χ2n) is 7.27. The lowest BCUT2D eigenvalue weighted by Crippen LogP contribution is -2.35. The third-order valence-electron chi connectivity index (χ3n) is 5.06. The van der Waals surface area contributed by atoms with E-state index in [0.29, 0.717) is 29.2 Å². The smallest absolute Gasteiger partial charge is 0.270 e. The molecule has 0 atom stereocenters. The first-order chi connectivity index (χ1) is 16.2. The summed E-state index contributed by atoms with van der Waals surface area (Å²) in [6.45, 7) is 0.572. The molecular formula is C26H24N4O3. The Kier molecular flexibility index (Phi) is 6.80. The number of benzene rings is 3. The maximum Gasteiger partial charge on any atom is 0.270 e. The number of methoxy groups -OCH3 is 1. The molecule has 0 fully saturated rings. The highest BCUT2D eigenvalue weighted by Crippen LogP contribution is 2.21. The van der Waals surface area contributed by atoms with Gasteiger partial charge >= 0.3 is 0 Å². The number of carbonyl (C=O) groups excluding carboxylic acids is 2. The highest BCUT2D eigenvalue weighted by atomic mass is 16.5. The summed E-state index contributed by atoms with van der Waals surface area (Å²) in [6, 6.07) is 27.8. The molecule has 7 heteroatoms. The van der Waals surface area contributed by atoms with Crippen LogP contribution in [0.3, 0.4) is 0 Å². The van der Waals surface area contributed by atoms with Crippen molar-refractivity contribution in [2.24, 2.45) is 0 Å². The molecule has 2 amide bonds. The molecule has 7 nitrogen and oxygen atoms in total. The maximum absolute atomic E-state index is 13.0. The van der Waals surface area contributed by atoms with Crippen molar-refractivity contribution in [3.05, 3.63) is 102 Å². The first-order valence-electron chi connectivity index (χ1n) is 10.6. The molecule has 1 aromatic heterocycles. The fraction of sp³-hybridized carbons (Fsp3) is 0.115. The van der Waals surface area contributed by atoms with Gasteiger partial charge in [0.1, 0.15) is 11.4 Å². The fourth-order valence-corrected chi connectivity index (χ4v) is 3.35. The van der Waals surface area contributed by atoms with E-state index < -0.39 is 0 Å². The molecule has 0 aliphatic rings. The van der Waals surface area contributed by atoms with Crippen molar-refractivity contribution in [2.75, 3.05) is 20.2 Å². The highest BCUT2D eigenvalue weighted by Gasteiger charge is 2.17. The molecule has 0 spiro atoms. The second kappa shape index (κ2) is 10.3. The van der Waals surface area contributed by atoms with E-state index in [1.54, 1.807) is 42.1 Å². The number of nitrogens with zero attached hydrogens (tertiary/aromatic N) is 2. The van der Waals surface area contributed by atoms with E-state index in [1.165, 1.54) is 0 Å². The molecule has 33 heavy (non-hydrogen) atoms. The van der Waals surface area contributed by atoms with Gasteiger partial charge < -0.3 is 15.4 Å². The summed E-state index contributed by atoms with van der Waals surface area (Å²) >= 11 is 0. The highest BCUT2D eigenvalue weighted by molar-refractivity contribution is 5.95. The first-order valence-corrected chi connectivity index (χ1v) is 10.6. The van der Waals surface area contributed by atoms with Gasteiger partial charge in [0, 0.05) is 24.2 Å². The number of para-hydroxylation sites is 1. The molecule has 2 N–H and O–H groups in total. The van der Waals surface area contributed by atoms with E-state index in [1.807, 2.05) is 60.7 Å². The van der Waals surface area contributed by atoms with Crippen LogP contribution in [0.2, 0.25) is 0 Å². The second-order valence-corrected chi connectivity index (χ2v) is 7.27. The molecule has 3 aromatic carbocycles. The Balaban J connectivity index is 1.42. The summed E-state index contributed by atoms with van der Waals surface area (Å²) in [4.78, 5) is 25.2. The van der Waals surface area contributed by atoms with Crippen molar-refractivity contribution in [1.29, 1.82) is 0 Å². The molecule has 4 aromatic rings. The Labute approximate surface area is 192 Å². The zero-order chi connectivity index (χ0) is 23.0. The lowest BCUT2D eigenvalue weighted by atomic mass is 10.1. The van der Waals surface area contributed by atoms with Crippen molar-refractivity contribution < 1.29 is 14.3 Å². The van der Waals surface area contributed by atoms with Gasteiger partial charge in [-0.1, -0.05) is 48.5 Å². The van der Waals surface area contributed by atoms with Gasteiger partial charge in [0.25, 0.3) is 11.8 Å². The number of nitrogens with one attached hydrogen (secondary N) is 2. The average Bonchev–Trinajstić information content (AvgIpc) is 3.33. The molecule has 0 radical (unpaired) electrons. The standard InChI is InChI=1S/C26H24N4O3/c1-33-22-14-12-20(13-15-22)25(31)27-16-17-28-26(32)24-18-23(19-8-4-2-5-9-19)29-30(24)21-10-6-3-7-11-21/h2-15,18H,16-17H2,1H3,(H,27,31)(H,28,32). The minimum Gasteiger partial charge on any atom is -0.497 e. The van der Waals surface area contributed by atoms with Gasteiger partial charge in [-0.2, -0.15) is 5.10 Å². The number of amides is 2. The van der Waals surface area contributed by atoms with E-state index in [2.05, 4.69) is 15.7 Å². The van der Waals surface area contributed by atoms with Gasteiger partial charge in [-0.15, -0.1) is 0 Å². The number of carbonyl (C=O) groups is 2. The van der Waals surface area contributed by atoms with Gasteiger partial charge in [-0.05, 0) is 42.5 Å². The zero-order valence-corrected chi connectivity index (χ0v) is 18.2. The molecule has 0 aliphatic heterocycles. The van der Waals surface area contributed by atoms with E-state index in [0.717, 1.165) is 11.3 Å². The van der Waals surface area contributed by atoms with Crippen LogP contribution >= 0.6 is 0 Å². The molecule has 0 aliphatic carbocycles. The van der Waals surface area contributed by atoms with Gasteiger partial charge in [-0.25, -0.2) is 4.68 Å². The van der Waals surface area contributed by atoms with Crippen LogP contribution in [0.15, 0.2) is 91.0 Å². The number of rotatable bonds is 8. The maximum atomic E-state index is 13.0. The Morgan fingerprint density at radius 3 is 2.06 bits per heavy atom. The lowest BCUT2D eigenvalue weighted by Gasteiger charge is -2.09. The van der Waals surface area contributed by atoms with Gasteiger partial charge in [0.2, 0.25) is 0 Å². The van der Waals surface area contributed by atoms with E-state index >= 15 is 0 Å². The average molecular weight is 441 g/mol. The number of aromatic nitrogens is 2. The predicted octanol–water partition coefficient (Wildman–Crippen LogP) is 3.71. The quantitative estimate of drug-likeness (QED) is 0.409. The first kappa shape index (κ1) is 21.8. The molecular weight excluding hydrogens is 416 g/mol. The summed E-state index contributed by atoms with van der Waals surface area (Å²) in [5.74, 6) is 0.198. The summed E-state index contributed by atoms with van der Waals surface area (Å²) in [5.41, 5.74) is 3.36. The van der Waals surface area contributed by atoms with Crippen LogP contribution in [-0.4, -0.2) is 41.8 Å². The summed E-state index contributed by atoms with van der Waals surface area (Å²) in [5, 5.41) is 10.3. The van der Waals surface area contributed by atoms with Crippen LogP contribution in [0, 0.1) is 0 Å². The Morgan fingerprint density at radius 1 is 0.818 bits per heavy atom. The van der Waals surface area contributed by atoms with Crippen molar-refractivity contribution in [3.8, 4) is 22.7 Å². The zero-order valence-electron chi connectivity index (χ0n) is 18.2. The van der Waals surface area contributed by atoms with E-state index in [9.17, 15) is 9.59 Å². The topological polar surface area (TPSA) is 85.2 Å². The fourth-order valence-electron chi connectivity index (χ4n) is 3.35. The minimum atomic E-state index is -0.271. The summed E-state index contributed by atoms with van der Waals surface area (Å²) < 4.78 is 6.73. The van der Waals surface area contributed by atoms with Crippen LogP contribution in [0.5, 0.6) is 5.75 Å². The van der Waals surface area contributed by atoms with Gasteiger partial charge in [-0.3, -0.25) is 9.59 Å². The largest absolute Gasteiger partial charge is 0.497 e. The minimum absolute atomic E-state index is 0.215. The van der Waals surface area contributed by atoms with Crippen molar-refractivity contribution >= 4 is 11.8 Å². The molecule has 4 rings (SSSR count). The Hall–Kier alpha value is -4.39. The number of hydrogen-bond donors (Lipinski definition) is 2. The third kappa shape index (κ3) is 5.27. The number of ether oxygens (including phenoxy) is 1. The van der Waals surface area contributed by atoms with Crippen molar-refractivity contribution in [2.45, 2.75) is 0 Å². The van der Waals surface area contributed by atoms with Crippen LogP contribution in [-0.2, 0) is 0 Å². The van der Waals surface area contributed by atoms with E-state index in [4.69, 9.17) is 4.74 Å². The predicted molar refractivity (Wildman–Crippen MR) is 127 cm³/mol. The Bertz CT molecular complexity index is 1220. The van der Waals surface area contributed by atoms with E-state index in [-0.39, 0.29) is 18.4 Å². The SMILES string of the molecule is COc1ccc(C(=O)NCCNC(=O)c2cc(-c3ccccc3)nn2-c2ccccc2)cc1. The lowest BCUT2D eigenvalue weighted by molar-refractivity contribution is 0.0923. The van der Waals surface area contributed by atoms with Crippen molar-refractivity contribution in [1.82, 2.24) is 20.4 Å². The molecule has 0 saturated heterocycles. The molecule has 0 unspecified atom stereocenters. The summed E-state index contributed by atoms with van der Waals surface area (Å²) in [7, 11) is 1.57. The molecule has 1 heterocycles.